The fourth-order valence-corrected chi connectivity index (χ4v) is 4.49. The number of hydrogen-bond acceptors (Lipinski definition) is 4. The largest absolute Gasteiger partial charge is 0.352 e. The molecule has 0 aliphatic heterocycles. The summed E-state index contributed by atoms with van der Waals surface area (Å²) in [5.74, 6) is 0.860. The number of aromatic nitrogens is 1. The molecule has 136 valence electrons. The minimum absolute atomic E-state index is 0.0277. The highest BCUT2D eigenvalue weighted by Crippen LogP contribution is 2.28. The van der Waals surface area contributed by atoms with Gasteiger partial charge in [-0.2, -0.15) is 5.26 Å². The molecule has 1 amide bonds. The second-order valence-corrected chi connectivity index (χ2v) is 8.29. The first-order valence-electron chi connectivity index (χ1n) is 9.22. The number of thioether (sulfide) groups is 1. The smallest absolute Gasteiger partial charge is 0.230 e. The highest BCUT2D eigenvalue weighted by molar-refractivity contribution is 8.00. The summed E-state index contributed by atoms with van der Waals surface area (Å²) in [4.78, 5) is 17.0. The van der Waals surface area contributed by atoms with Crippen molar-refractivity contribution in [1.29, 1.82) is 5.26 Å². The van der Waals surface area contributed by atoms with E-state index >= 15 is 0 Å². The molecule has 5 heteroatoms. The molecule has 1 fully saturated rings. The second kappa shape index (κ2) is 8.09. The number of pyridine rings is 1. The van der Waals surface area contributed by atoms with Crippen molar-refractivity contribution >= 4 is 28.6 Å². The molecule has 0 bridgehead atoms. The standard InChI is InChI=1S/C21H25N3OS/c1-13-8-15(3)17-10-16(11-22)21(24-19(17)9-13)26-12-20(25)23-18-7-5-4-6-14(18)2/h8-10,14,18H,4-7,12H2,1-3H3,(H,23,25)/t14-,18-/m0/s1. The molecule has 2 atom stereocenters. The van der Waals surface area contributed by atoms with Crippen molar-refractivity contribution in [2.24, 2.45) is 5.92 Å². The highest BCUT2D eigenvalue weighted by atomic mass is 32.2. The van der Waals surface area contributed by atoms with Crippen LogP contribution in [-0.2, 0) is 4.79 Å². The van der Waals surface area contributed by atoms with Gasteiger partial charge in [0.15, 0.2) is 0 Å². The lowest BCUT2D eigenvalue weighted by Gasteiger charge is -2.29. The minimum Gasteiger partial charge on any atom is -0.352 e. The van der Waals surface area contributed by atoms with E-state index in [1.165, 1.54) is 31.0 Å². The molecular weight excluding hydrogens is 342 g/mol. The van der Waals surface area contributed by atoms with Crippen LogP contribution in [0.1, 0.15) is 49.3 Å². The van der Waals surface area contributed by atoms with Gasteiger partial charge < -0.3 is 5.32 Å². The molecule has 1 saturated carbocycles. The van der Waals surface area contributed by atoms with Gasteiger partial charge in [0.1, 0.15) is 11.1 Å². The molecule has 26 heavy (non-hydrogen) atoms. The number of carbonyl (C=O) groups is 1. The van der Waals surface area contributed by atoms with Crippen LogP contribution in [0.25, 0.3) is 10.9 Å². The van der Waals surface area contributed by atoms with Crippen LogP contribution >= 0.6 is 11.8 Å². The summed E-state index contributed by atoms with van der Waals surface area (Å²) in [6.07, 6.45) is 4.69. The first kappa shape index (κ1) is 18.7. The Morgan fingerprint density at radius 2 is 2.08 bits per heavy atom. The number of nitrogens with zero attached hydrogens (tertiary/aromatic N) is 2. The predicted molar refractivity (Wildman–Crippen MR) is 106 cm³/mol. The molecule has 1 aromatic heterocycles. The predicted octanol–water partition coefficient (Wildman–Crippen LogP) is 4.51. The fourth-order valence-electron chi connectivity index (χ4n) is 3.72. The number of benzene rings is 1. The number of nitriles is 1. The number of aryl methyl sites for hydroxylation is 2. The average Bonchev–Trinajstić information content (AvgIpc) is 2.61. The van der Waals surface area contributed by atoms with Crippen LogP contribution in [0.15, 0.2) is 23.2 Å². The van der Waals surface area contributed by atoms with Gasteiger partial charge in [-0.15, -0.1) is 0 Å². The van der Waals surface area contributed by atoms with Gasteiger partial charge >= 0.3 is 0 Å². The van der Waals surface area contributed by atoms with E-state index in [9.17, 15) is 10.1 Å². The lowest BCUT2D eigenvalue weighted by Crippen LogP contribution is -2.41. The molecule has 1 heterocycles. The quantitative estimate of drug-likeness (QED) is 0.808. The molecule has 0 unspecified atom stereocenters. The van der Waals surface area contributed by atoms with Gasteiger partial charge in [0, 0.05) is 11.4 Å². The normalized spacial score (nSPS) is 19.9. The van der Waals surface area contributed by atoms with Crippen molar-refractivity contribution in [3.63, 3.8) is 0 Å². The van der Waals surface area contributed by atoms with E-state index in [-0.39, 0.29) is 11.9 Å². The second-order valence-electron chi connectivity index (χ2n) is 7.33. The van der Waals surface area contributed by atoms with Crippen LogP contribution in [0.3, 0.4) is 0 Å². The Morgan fingerprint density at radius 1 is 1.31 bits per heavy atom. The Kier molecular flexibility index (Phi) is 5.83. The summed E-state index contributed by atoms with van der Waals surface area (Å²) in [7, 11) is 0. The molecule has 0 saturated heterocycles. The number of rotatable bonds is 4. The number of hydrogen-bond donors (Lipinski definition) is 1. The van der Waals surface area contributed by atoms with Crippen molar-refractivity contribution in [3.05, 3.63) is 34.9 Å². The SMILES string of the molecule is Cc1cc(C)c2cc(C#N)c(SCC(=O)N[C@H]3CCCC[C@@H]3C)nc2c1. The molecule has 1 aromatic carbocycles. The monoisotopic (exact) mass is 367 g/mol. The molecule has 3 rings (SSSR count). The molecular formula is C21H25N3OS. The zero-order valence-electron chi connectivity index (χ0n) is 15.6. The third kappa shape index (κ3) is 4.19. The molecule has 2 aromatic rings. The van der Waals surface area contributed by atoms with E-state index in [0.29, 0.717) is 22.3 Å². The molecule has 1 N–H and O–H groups in total. The zero-order valence-corrected chi connectivity index (χ0v) is 16.4. The third-order valence-electron chi connectivity index (χ3n) is 5.17. The number of fused-ring (bicyclic) bond motifs is 1. The van der Waals surface area contributed by atoms with Crippen molar-refractivity contribution in [2.45, 2.75) is 57.5 Å². The topological polar surface area (TPSA) is 65.8 Å². The van der Waals surface area contributed by atoms with E-state index in [0.717, 1.165) is 28.5 Å². The van der Waals surface area contributed by atoms with Crippen LogP contribution in [0, 0.1) is 31.1 Å². The van der Waals surface area contributed by atoms with Crippen molar-refractivity contribution in [2.75, 3.05) is 5.75 Å². The maximum atomic E-state index is 12.4. The van der Waals surface area contributed by atoms with Crippen LogP contribution in [0.2, 0.25) is 0 Å². The maximum Gasteiger partial charge on any atom is 0.230 e. The minimum atomic E-state index is 0.0277. The van der Waals surface area contributed by atoms with E-state index in [1.54, 1.807) is 0 Å². The summed E-state index contributed by atoms with van der Waals surface area (Å²) in [6, 6.07) is 8.52. The van der Waals surface area contributed by atoms with Gasteiger partial charge in [0.25, 0.3) is 0 Å². The Balaban J connectivity index is 1.73. The van der Waals surface area contributed by atoms with E-state index in [1.807, 2.05) is 26.0 Å². The maximum absolute atomic E-state index is 12.4. The summed E-state index contributed by atoms with van der Waals surface area (Å²) in [6.45, 7) is 6.28. The van der Waals surface area contributed by atoms with E-state index in [2.05, 4.69) is 29.4 Å². The van der Waals surface area contributed by atoms with Crippen molar-refractivity contribution in [1.82, 2.24) is 10.3 Å². The Labute approximate surface area is 159 Å². The molecule has 0 radical (unpaired) electrons. The number of amides is 1. The van der Waals surface area contributed by atoms with Crippen molar-refractivity contribution in [3.8, 4) is 6.07 Å². The zero-order chi connectivity index (χ0) is 18.7. The highest BCUT2D eigenvalue weighted by Gasteiger charge is 2.23. The molecule has 1 aliphatic rings. The lowest BCUT2D eigenvalue weighted by atomic mass is 9.86. The van der Waals surface area contributed by atoms with Gasteiger partial charge in [0.2, 0.25) is 5.91 Å². The van der Waals surface area contributed by atoms with Crippen molar-refractivity contribution < 1.29 is 4.79 Å². The van der Waals surface area contributed by atoms with Gasteiger partial charge in [-0.05, 0) is 55.9 Å². The lowest BCUT2D eigenvalue weighted by molar-refractivity contribution is -0.119. The van der Waals surface area contributed by atoms with Crippen LogP contribution in [-0.4, -0.2) is 22.7 Å². The average molecular weight is 368 g/mol. The van der Waals surface area contributed by atoms with Gasteiger partial charge in [0.05, 0.1) is 16.8 Å². The van der Waals surface area contributed by atoms with Crippen LogP contribution in [0.4, 0.5) is 0 Å². The Morgan fingerprint density at radius 3 is 2.81 bits per heavy atom. The third-order valence-corrected chi connectivity index (χ3v) is 6.16. The first-order chi connectivity index (χ1) is 12.5. The first-order valence-corrected chi connectivity index (χ1v) is 10.2. The van der Waals surface area contributed by atoms with Crippen LogP contribution in [0.5, 0.6) is 0 Å². The summed E-state index contributed by atoms with van der Waals surface area (Å²) >= 11 is 1.35. The van der Waals surface area contributed by atoms with E-state index < -0.39 is 0 Å². The Hall–Kier alpha value is -2.06. The number of nitrogens with one attached hydrogen (secondary N) is 1. The summed E-state index contributed by atoms with van der Waals surface area (Å²) < 4.78 is 0. The number of carbonyl (C=O) groups excluding carboxylic acids is 1. The van der Waals surface area contributed by atoms with Gasteiger partial charge in [-0.3, -0.25) is 4.79 Å². The molecule has 0 spiro atoms. The van der Waals surface area contributed by atoms with Crippen LogP contribution < -0.4 is 5.32 Å². The summed E-state index contributed by atoms with van der Waals surface area (Å²) in [5.41, 5.74) is 3.68. The summed E-state index contributed by atoms with van der Waals surface area (Å²) in [5, 5.41) is 14.3. The Bertz CT molecular complexity index is 872. The fraction of sp³-hybridized carbons (Fsp3) is 0.476. The van der Waals surface area contributed by atoms with E-state index in [4.69, 9.17) is 0 Å². The molecule has 4 nitrogen and oxygen atoms in total. The molecule has 1 aliphatic carbocycles. The van der Waals surface area contributed by atoms with Gasteiger partial charge in [-0.25, -0.2) is 4.98 Å². The van der Waals surface area contributed by atoms with Gasteiger partial charge in [-0.1, -0.05) is 37.6 Å².